The van der Waals surface area contributed by atoms with Gasteiger partial charge in [0, 0.05) is 24.4 Å². The number of nitrogens with zero attached hydrogens (tertiary/aromatic N) is 3. The number of benzene rings is 1. The first-order valence-corrected chi connectivity index (χ1v) is 18.7. The molecule has 44 heavy (non-hydrogen) atoms. The molecule has 0 bridgehead atoms. The Balaban J connectivity index is 2.00. The van der Waals surface area contributed by atoms with Crippen LogP contribution in [0.25, 0.3) is 0 Å². The fourth-order valence-corrected chi connectivity index (χ4v) is 6.49. The maximum absolute atomic E-state index is 14.1. The number of carbonyl (C=O) groups excluding carboxylic acids is 1. The van der Waals surface area contributed by atoms with Gasteiger partial charge in [-0.05, 0) is 62.9 Å². The largest absolute Gasteiger partial charge is 0.491 e. The number of unbranched alkanes of at least 4 members (excludes halogenated alkanes) is 1. The van der Waals surface area contributed by atoms with E-state index < -0.39 is 37.3 Å². The molecule has 0 spiro atoms. The first-order chi connectivity index (χ1) is 20.4. The maximum atomic E-state index is 14.1. The van der Waals surface area contributed by atoms with Crippen LogP contribution in [0, 0.1) is 0 Å². The lowest BCUT2D eigenvalue weighted by Crippen LogP contribution is -2.45. The topological polar surface area (TPSA) is 84.8 Å². The molecule has 1 amide bonds. The molecule has 1 aliphatic rings. The van der Waals surface area contributed by atoms with Crippen molar-refractivity contribution in [2.45, 2.75) is 122 Å². The molecular weight excluding hydrogens is 587 g/mol. The zero-order valence-electron chi connectivity index (χ0n) is 27.6. The minimum absolute atomic E-state index is 0.0170. The molecule has 1 aromatic heterocycles. The Labute approximate surface area is 261 Å². The summed E-state index contributed by atoms with van der Waals surface area (Å²) in [6.07, 6.45) is 0.291. The van der Waals surface area contributed by atoms with Crippen LogP contribution in [0.4, 0.5) is 13.2 Å². The summed E-state index contributed by atoms with van der Waals surface area (Å²) in [6.45, 7) is 17.6. The third kappa shape index (κ3) is 8.53. The normalized spacial score (nSPS) is 15.5. The molecule has 3 rings (SSSR count). The minimum Gasteiger partial charge on any atom is -0.491 e. The highest BCUT2D eigenvalue weighted by atomic mass is 28.4. The van der Waals surface area contributed by atoms with Crippen LogP contribution in [0.3, 0.4) is 0 Å². The fourth-order valence-electron chi connectivity index (χ4n) is 5.45. The van der Waals surface area contributed by atoms with Crippen LogP contribution in [0.2, 0.25) is 18.1 Å². The second-order valence-electron chi connectivity index (χ2n) is 13.8. The maximum Gasteiger partial charge on any atom is 0.416 e. The fraction of sp³-hybridized carbons (Fsp3) is 0.667. The Bertz CT molecular complexity index is 1270. The van der Waals surface area contributed by atoms with Crippen LogP contribution in [0.15, 0.2) is 24.3 Å². The average molecular weight is 638 g/mol. The summed E-state index contributed by atoms with van der Waals surface area (Å²) >= 11 is 0. The Morgan fingerprint density at radius 2 is 1.77 bits per heavy atom. The molecule has 1 saturated carbocycles. The summed E-state index contributed by atoms with van der Waals surface area (Å²) in [5.41, 5.74) is -0.821. The van der Waals surface area contributed by atoms with Gasteiger partial charge in [0.2, 0.25) is 5.75 Å². The van der Waals surface area contributed by atoms with Gasteiger partial charge in [0.05, 0.1) is 18.8 Å². The van der Waals surface area contributed by atoms with E-state index in [0.29, 0.717) is 38.0 Å². The van der Waals surface area contributed by atoms with E-state index >= 15 is 0 Å². The number of aromatic nitrogens is 2. The molecule has 1 fully saturated rings. The first kappa shape index (κ1) is 35.8. The zero-order chi connectivity index (χ0) is 32.9. The smallest absolute Gasteiger partial charge is 0.416 e. The van der Waals surface area contributed by atoms with Crippen molar-refractivity contribution < 1.29 is 32.2 Å². The zero-order valence-corrected chi connectivity index (χ0v) is 28.6. The van der Waals surface area contributed by atoms with Gasteiger partial charge in [0.1, 0.15) is 5.82 Å². The van der Waals surface area contributed by atoms with E-state index in [1.807, 2.05) is 20.8 Å². The van der Waals surface area contributed by atoms with Gasteiger partial charge < -0.3 is 19.2 Å². The summed E-state index contributed by atoms with van der Waals surface area (Å²) in [5, 5.41) is 11.1. The highest BCUT2D eigenvalue weighted by Gasteiger charge is 2.40. The minimum atomic E-state index is -4.46. The first-order valence-electron chi connectivity index (χ1n) is 15.8. The Morgan fingerprint density at radius 3 is 2.34 bits per heavy atom. The van der Waals surface area contributed by atoms with Crippen molar-refractivity contribution in [3.63, 3.8) is 0 Å². The number of alkyl halides is 3. The summed E-state index contributed by atoms with van der Waals surface area (Å²) in [6, 6.07) is 5.24. The highest BCUT2D eigenvalue weighted by Crippen LogP contribution is 2.45. The highest BCUT2D eigenvalue weighted by molar-refractivity contribution is 6.74. The molecule has 0 unspecified atom stereocenters. The number of rotatable bonds is 13. The second kappa shape index (κ2) is 14.2. The lowest BCUT2D eigenvalue weighted by atomic mass is 9.75. The number of hydrogen-bond donors (Lipinski definition) is 1. The predicted octanol–water partition coefficient (Wildman–Crippen LogP) is 8.31. The average Bonchev–Trinajstić information content (AvgIpc) is 3.40. The number of aromatic hydroxyl groups is 1. The number of carbonyl (C=O) groups is 1. The van der Waals surface area contributed by atoms with Crippen LogP contribution in [0.5, 0.6) is 11.6 Å². The molecule has 2 aromatic rings. The molecule has 1 aliphatic carbocycles. The number of hydrogen-bond acceptors (Lipinski definition) is 6. The molecule has 11 heteroatoms. The van der Waals surface area contributed by atoms with Crippen LogP contribution in [0.1, 0.15) is 108 Å². The molecule has 1 N–H and O–H groups in total. The van der Waals surface area contributed by atoms with Gasteiger partial charge >= 0.3 is 6.18 Å². The van der Waals surface area contributed by atoms with E-state index in [0.717, 1.165) is 25.3 Å². The summed E-state index contributed by atoms with van der Waals surface area (Å²) in [7, 11) is -2.05. The van der Waals surface area contributed by atoms with Crippen molar-refractivity contribution in [3.05, 3.63) is 46.9 Å². The summed E-state index contributed by atoms with van der Waals surface area (Å²) in [4.78, 5) is 24.8. The van der Waals surface area contributed by atoms with Gasteiger partial charge in [0.15, 0.2) is 14.0 Å². The molecular formula is C33H50F3N3O4Si. The molecule has 0 radical (unpaired) electrons. The van der Waals surface area contributed by atoms with Crippen LogP contribution < -0.4 is 4.74 Å². The SMILES string of the molecule is CCCCOc1c(O)nc(CC2(c3cccc(C(F)(F)F)c3)CCCC2)nc1C(=O)N(CCO[Si](C)(C)C(C)(C)C)C(C)C. The van der Waals surface area contributed by atoms with E-state index in [1.165, 1.54) is 12.1 Å². The van der Waals surface area contributed by atoms with Gasteiger partial charge in [-0.1, -0.05) is 65.2 Å². The Kier molecular flexibility index (Phi) is 11.5. The van der Waals surface area contributed by atoms with Crippen molar-refractivity contribution in [2.24, 2.45) is 0 Å². The monoisotopic (exact) mass is 637 g/mol. The molecule has 0 saturated heterocycles. The van der Waals surface area contributed by atoms with Crippen LogP contribution in [-0.4, -0.2) is 60.0 Å². The molecule has 246 valence electrons. The van der Waals surface area contributed by atoms with E-state index in [-0.39, 0.29) is 41.4 Å². The van der Waals surface area contributed by atoms with E-state index in [9.17, 15) is 23.1 Å². The van der Waals surface area contributed by atoms with E-state index in [4.69, 9.17) is 9.16 Å². The lowest BCUT2D eigenvalue weighted by molar-refractivity contribution is -0.137. The van der Waals surface area contributed by atoms with Crippen molar-refractivity contribution in [3.8, 4) is 11.6 Å². The van der Waals surface area contributed by atoms with Gasteiger partial charge in [0.25, 0.3) is 11.8 Å². The second-order valence-corrected chi connectivity index (χ2v) is 18.6. The Morgan fingerprint density at radius 1 is 1.11 bits per heavy atom. The summed E-state index contributed by atoms with van der Waals surface area (Å²) in [5.74, 6) is -0.714. The van der Waals surface area contributed by atoms with Crippen LogP contribution in [-0.2, 0) is 22.4 Å². The van der Waals surface area contributed by atoms with Crippen molar-refractivity contribution in [2.75, 3.05) is 19.8 Å². The third-order valence-corrected chi connectivity index (χ3v) is 13.7. The van der Waals surface area contributed by atoms with Gasteiger partial charge in [-0.2, -0.15) is 18.2 Å². The third-order valence-electron chi connectivity index (χ3n) is 9.19. The molecule has 1 heterocycles. The standard InChI is InChI=1S/C33H50F3N3O4Si/c1-9-10-19-42-28-27(30(41)39(23(2)3)18-20-43-44(7,8)31(4,5)6)37-26(38-29(28)40)22-32(16-11-12-17-32)24-14-13-15-25(21-24)33(34,35)36/h13-15,21,23H,9-12,16-20,22H2,1-8H3,(H,37,38,40). The predicted molar refractivity (Wildman–Crippen MR) is 169 cm³/mol. The molecule has 0 aliphatic heterocycles. The Hall–Kier alpha value is -2.66. The number of amides is 1. The van der Waals surface area contributed by atoms with Crippen molar-refractivity contribution in [1.82, 2.24) is 14.9 Å². The van der Waals surface area contributed by atoms with Crippen LogP contribution >= 0.6 is 0 Å². The van der Waals surface area contributed by atoms with E-state index in [1.54, 1.807) is 11.0 Å². The quantitative estimate of drug-likeness (QED) is 0.176. The molecule has 7 nitrogen and oxygen atoms in total. The van der Waals surface area contributed by atoms with E-state index in [2.05, 4.69) is 43.8 Å². The summed E-state index contributed by atoms with van der Waals surface area (Å²) < 4.78 is 53.0. The number of halogens is 3. The lowest BCUT2D eigenvalue weighted by Gasteiger charge is -2.37. The van der Waals surface area contributed by atoms with Crippen molar-refractivity contribution in [1.29, 1.82) is 0 Å². The van der Waals surface area contributed by atoms with Gasteiger partial charge in [-0.3, -0.25) is 4.79 Å². The number of ether oxygens (including phenoxy) is 1. The molecule has 0 atom stereocenters. The van der Waals surface area contributed by atoms with Crippen molar-refractivity contribution >= 4 is 14.2 Å². The van der Waals surface area contributed by atoms with Gasteiger partial charge in [-0.25, -0.2) is 4.98 Å². The van der Waals surface area contributed by atoms with Gasteiger partial charge in [-0.15, -0.1) is 0 Å². The molecule has 1 aromatic carbocycles.